The lowest BCUT2D eigenvalue weighted by atomic mass is 9.92. The molecule has 3 aromatic carbocycles. The molecule has 2 unspecified atom stereocenters. The Morgan fingerprint density at radius 2 is 1.89 bits per heavy atom. The number of carbonyl (C=O) groups is 2. The number of aromatic nitrogens is 1. The van der Waals surface area contributed by atoms with Crippen LogP contribution in [-0.2, 0) is 11.2 Å². The van der Waals surface area contributed by atoms with E-state index in [1.807, 2.05) is 67.6 Å². The average molecular weight is 608 g/mol. The van der Waals surface area contributed by atoms with E-state index in [9.17, 15) is 14.7 Å². The van der Waals surface area contributed by atoms with Crippen LogP contribution in [0.4, 0.5) is 10.5 Å². The van der Waals surface area contributed by atoms with E-state index in [1.54, 1.807) is 23.1 Å². The molecule has 2 aliphatic rings. The third kappa shape index (κ3) is 6.86. The highest BCUT2D eigenvalue weighted by atomic mass is 16.6. The Kier molecular flexibility index (Phi) is 8.84. The maximum Gasteiger partial charge on any atom is 0.416 e. The summed E-state index contributed by atoms with van der Waals surface area (Å²) in [6.07, 6.45) is 4.26. The number of nitrogens with zero attached hydrogens (tertiary/aromatic N) is 2. The lowest BCUT2D eigenvalue weighted by Crippen LogP contribution is -2.42. The number of nitrogens with two attached hydrogens (primary N) is 1. The second-order valence-corrected chi connectivity index (χ2v) is 11.4. The minimum Gasteiger partial charge on any atom is -0.493 e. The monoisotopic (exact) mass is 607 g/mol. The number of hydrogen-bond acceptors (Lipinski definition) is 7. The number of rotatable bonds is 9. The molecule has 10 heteroatoms. The molecule has 4 aromatic rings. The molecule has 232 valence electrons. The zero-order valence-corrected chi connectivity index (χ0v) is 25.2. The molecule has 2 amide bonds. The number of dihydropyridines is 1. The van der Waals surface area contributed by atoms with E-state index in [0.29, 0.717) is 48.8 Å². The summed E-state index contributed by atoms with van der Waals surface area (Å²) >= 11 is 0. The van der Waals surface area contributed by atoms with Crippen molar-refractivity contribution in [1.82, 2.24) is 15.2 Å². The lowest BCUT2D eigenvalue weighted by molar-refractivity contribution is -0.115. The number of H-pyrrole nitrogens is 1. The Balaban J connectivity index is 1.14. The molecule has 3 heterocycles. The fourth-order valence-corrected chi connectivity index (χ4v) is 5.73. The summed E-state index contributed by atoms with van der Waals surface area (Å²) in [5, 5.41) is 14.1. The lowest BCUT2D eigenvalue weighted by Gasteiger charge is -2.35. The van der Waals surface area contributed by atoms with Gasteiger partial charge in [-0.2, -0.15) is 0 Å². The van der Waals surface area contributed by atoms with Gasteiger partial charge in [0.05, 0.1) is 12.7 Å². The number of anilines is 1. The third-order valence-electron chi connectivity index (χ3n) is 8.11. The number of hydrogen-bond donors (Lipinski definition) is 4. The van der Waals surface area contributed by atoms with Crippen molar-refractivity contribution in [2.75, 3.05) is 32.0 Å². The molecule has 0 saturated heterocycles. The van der Waals surface area contributed by atoms with Crippen LogP contribution in [0.5, 0.6) is 11.5 Å². The molecule has 0 aliphatic carbocycles. The Hall–Kier alpha value is -5.09. The number of aliphatic hydroxyl groups excluding tert-OH is 1. The fraction of sp³-hybridized carbons (Fsp3) is 0.286. The molecule has 45 heavy (non-hydrogen) atoms. The summed E-state index contributed by atoms with van der Waals surface area (Å²) in [5.74, 6) is 0.832. The molecule has 2 atom stereocenters. The molecule has 5 N–H and O–H groups in total. The Bertz CT molecular complexity index is 1740. The summed E-state index contributed by atoms with van der Waals surface area (Å²) in [4.78, 5) is 35.2. The summed E-state index contributed by atoms with van der Waals surface area (Å²) in [6.45, 7) is 3.44. The first kappa shape index (κ1) is 30.0. The summed E-state index contributed by atoms with van der Waals surface area (Å²) < 4.78 is 11.7. The maximum absolute atomic E-state index is 13.6. The van der Waals surface area contributed by atoms with Gasteiger partial charge in [-0.1, -0.05) is 35.9 Å². The van der Waals surface area contributed by atoms with E-state index >= 15 is 0 Å². The van der Waals surface area contributed by atoms with Crippen LogP contribution in [0.1, 0.15) is 41.3 Å². The van der Waals surface area contributed by atoms with Gasteiger partial charge in [0.25, 0.3) is 5.91 Å². The maximum atomic E-state index is 13.6. The Labute approximate surface area is 261 Å². The van der Waals surface area contributed by atoms with Crippen LogP contribution in [0.25, 0.3) is 10.9 Å². The average Bonchev–Trinajstić information content (AvgIpc) is 3.43. The van der Waals surface area contributed by atoms with Crippen LogP contribution in [0, 0.1) is 6.92 Å². The van der Waals surface area contributed by atoms with Crippen molar-refractivity contribution in [3.8, 4) is 11.5 Å². The van der Waals surface area contributed by atoms with Crippen molar-refractivity contribution >= 4 is 34.3 Å². The molecule has 0 fully saturated rings. The highest BCUT2D eigenvalue weighted by Crippen LogP contribution is 2.39. The molecule has 6 rings (SSSR count). The standard InChI is InChI=1S/C35H37N5O5/c1-22-5-10-27(11-6-22)45-35(43)40-18-15-28-29-20-24(36)9-14-30(29)39-32(28)33(40)23-7-12-26(13-8-23)44-19-16-25(41)21-38-34(42)31-4-2-3-17-37-31/h2,4-14,20,25,33,39,41H,3,15-19,21,36H2,1H3,(H,38,42). The van der Waals surface area contributed by atoms with E-state index in [-0.39, 0.29) is 19.1 Å². The van der Waals surface area contributed by atoms with Crippen molar-refractivity contribution in [3.05, 3.63) is 101 Å². The van der Waals surface area contributed by atoms with Gasteiger partial charge in [-0.05, 0) is 79.4 Å². The van der Waals surface area contributed by atoms with Gasteiger partial charge in [0.2, 0.25) is 0 Å². The van der Waals surface area contributed by atoms with E-state index in [2.05, 4.69) is 15.3 Å². The van der Waals surface area contributed by atoms with Crippen LogP contribution in [0.15, 0.2) is 83.9 Å². The van der Waals surface area contributed by atoms with Crippen molar-refractivity contribution in [2.24, 2.45) is 4.99 Å². The highest BCUT2D eigenvalue weighted by Gasteiger charge is 2.35. The minimum atomic E-state index is -0.758. The van der Waals surface area contributed by atoms with Gasteiger partial charge in [-0.15, -0.1) is 0 Å². The van der Waals surface area contributed by atoms with Gasteiger partial charge < -0.3 is 30.6 Å². The number of aliphatic hydroxyl groups is 1. The van der Waals surface area contributed by atoms with E-state index in [0.717, 1.165) is 39.7 Å². The van der Waals surface area contributed by atoms with Gasteiger partial charge >= 0.3 is 6.09 Å². The molecule has 0 bridgehead atoms. The van der Waals surface area contributed by atoms with Gasteiger partial charge in [-0.25, -0.2) is 4.79 Å². The number of aromatic amines is 1. The van der Waals surface area contributed by atoms with Crippen LogP contribution >= 0.6 is 0 Å². The van der Waals surface area contributed by atoms with E-state index in [4.69, 9.17) is 15.2 Å². The Morgan fingerprint density at radius 3 is 2.64 bits per heavy atom. The number of amides is 2. The zero-order chi connectivity index (χ0) is 31.3. The molecule has 0 spiro atoms. The Morgan fingerprint density at radius 1 is 1.11 bits per heavy atom. The third-order valence-corrected chi connectivity index (χ3v) is 8.11. The number of fused-ring (bicyclic) bond motifs is 3. The first-order valence-corrected chi connectivity index (χ1v) is 15.2. The number of carbonyl (C=O) groups excluding carboxylic acids is 2. The first-order chi connectivity index (χ1) is 21.9. The van der Waals surface area contributed by atoms with Crippen molar-refractivity contribution in [1.29, 1.82) is 0 Å². The predicted octanol–water partition coefficient (Wildman–Crippen LogP) is 4.85. The predicted molar refractivity (Wildman–Crippen MR) is 174 cm³/mol. The number of benzene rings is 3. The van der Waals surface area contributed by atoms with Crippen molar-refractivity contribution in [2.45, 2.75) is 38.3 Å². The van der Waals surface area contributed by atoms with Gasteiger partial charge in [0.15, 0.2) is 0 Å². The van der Waals surface area contributed by atoms with E-state index in [1.165, 1.54) is 0 Å². The molecule has 0 saturated carbocycles. The van der Waals surface area contributed by atoms with E-state index < -0.39 is 18.2 Å². The zero-order valence-electron chi connectivity index (χ0n) is 25.2. The topological polar surface area (TPSA) is 142 Å². The normalized spacial score (nSPS) is 16.5. The first-order valence-electron chi connectivity index (χ1n) is 15.2. The van der Waals surface area contributed by atoms with Crippen LogP contribution in [-0.4, -0.2) is 65.0 Å². The SMILES string of the molecule is Cc1ccc(OC(=O)N2CCc3c([nH]c4ccc(N)cc34)C2c2ccc(OCCC(O)CNC(=O)C3=NCCC=C3)cc2)cc1. The van der Waals surface area contributed by atoms with Crippen LogP contribution in [0.2, 0.25) is 0 Å². The minimum absolute atomic E-state index is 0.114. The quantitative estimate of drug-likeness (QED) is 0.200. The second-order valence-electron chi connectivity index (χ2n) is 11.4. The van der Waals surface area contributed by atoms with Crippen LogP contribution in [0.3, 0.4) is 0 Å². The number of aliphatic imine (C=N–C) groups is 1. The molecular weight excluding hydrogens is 570 g/mol. The van der Waals surface area contributed by atoms with Gasteiger partial charge in [0, 0.05) is 48.3 Å². The van der Waals surface area contributed by atoms with Crippen molar-refractivity contribution in [3.63, 3.8) is 0 Å². The number of nitrogens with one attached hydrogen (secondary N) is 2. The largest absolute Gasteiger partial charge is 0.493 e. The molecular formula is C35H37N5O5. The van der Waals surface area contributed by atoms with Crippen LogP contribution < -0.4 is 20.5 Å². The highest BCUT2D eigenvalue weighted by molar-refractivity contribution is 6.43. The number of nitrogen functional groups attached to an aromatic ring is 1. The fourth-order valence-electron chi connectivity index (χ4n) is 5.73. The number of ether oxygens (including phenoxy) is 2. The second kappa shape index (κ2) is 13.3. The summed E-state index contributed by atoms with van der Waals surface area (Å²) in [5.41, 5.74) is 12.2. The molecule has 2 aliphatic heterocycles. The summed E-state index contributed by atoms with van der Waals surface area (Å²) in [6, 6.07) is 20.4. The molecule has 0 radical (unpaired) electrons. The van der Waals surface area contributed by atoms with Crippen molar-refractivity contribution < 1.29 is 24.2 Å². The number of aryl methyl sites for hydroxylation is 1. The molecule has 10 nitrogen and oxygen atoms in total. The molecule has 1 aromatic heterocycles. The summed E-state index contributed by atoms with van der Waals surface area (Å²) in [7, 11) is 0. The van der Waals surface area contributed by atoms with Gasteiger partial charge in [-0.3, -0.25) is 14.7 Å². The smallest absolute Gasteiger partial charge is 0.416 e. The van der Waals surface area contributed by atoms with Gasteiger partial charge in [0.1, 0.15) is 23.3 Å².